The number of nitrogens with one attached hydrogen (secondary N) is 1. The molecule has 4 aromatic heterocycles. The number of Topliss-reactive ketones (excluding diaryl/α,β-unsaturated/α-hetero) is 1. The van der Waals surface area contributed by atoms with E-state index in [1.807, 2.05) is 42.7 Å². The summed E-state index contributed by atoms with van der Waals surface area (Å²) in [6.45, 7) is 7.67. The van der Waals surface area contributed by atoms with Crippen LogP contribution >= 0.6 is 0 Å². The number of fused-ring (bicyclic) bond motifs is 2. The number of carbonyl (C=O) groups is 3. The van der Waals surface area contributed by atoms with Crippen LogP contribution in [0.3, 0.4) is 0 Å². The minimum absolute atomic E-state index is 0.203. The number of pyridine rings is 2. The Hall–Kier alpha value is -5.92. The molecule has 66 heavy (non-hydrogen) atoms. The zero-order valence-electron chi connectivity index (χ0n) is 38.3. The number of rotatable bonds is 12. The average molecular weight is 891 g/mol. The number of piperidine rings is 3. The highest BCUT2D eigenvalue weighted by Crippen LogP contribution is 2.38. The highest BCUT2D eigenvalue weighted by molar-refractivity contribution is 6.00. The van der Waals surface area contributed by atoms with Crippen molar-refractivity contribution in [2.75, 3.05) is 38.5 Å². The van der Waals surface area contributed by atoms with Gasteiger partial charge in [-0.15, -0.1) is 0 Å². The Kier molecular flexibility index (Phi) is 12.5. The Morgan fingerprint density at radius 2 is 1.59 bits per heavy atom. The second kappa shape index (κ2) is 18.8. The third kappa shape index (κ3) is 9.12. The van der Waals surface area contributed by atoms with Crippen LogP contribution in [0.4, 0.5) is 5.82 Å². The first-order valence-corrected chi connectivity index (χ1v) is 24.3. The maximum absolute atomic E-state index is 13.5. The average Bonchev–Trinajstić information content (AvgIpc) is 3.85. The third-order valence-electron chi connectivity index (χ3n) is 15.7. The molecule has 4 aliphatic rings. The van der Waals surface area contributed by atoms with E-state index in [1.165, 1.54) is 28.7 Å². The molecule has 1 unspecified atom stereocenters. The van der Waals surface area contributed by atoms with E-state index >= 15 is 0 Å². The number of likely N-dealkylation sites (tertiary alicyclic amines) is 2. The maximum Gasteiger partial charge on any atom is 0.420 e. The SMILES string of the molecule is C[C@@H](c1cc2c(-c3ccc(N)nc3)ccnc2n1C)N1CCC(c2ccc(C(=O)CC3CCC(CN4CCC(Cc5ccc6c(c5)oc(=O)n6C5CCC(=O)NC5=O)CC4)CC3)cc2)CC1. The lowest BCUT2D eigenvalue weighted by Gasteiger charge is -2.36. The van der Waals surface area contributed by atoms with Crippen molar-refractivity contribution in [2.45, 2.75) is 102 Å². The number of oxazole rings is 1. The van der Waals surface area contributed by atoms with Gasteiger partial charge in [-0.2, -0.15) is 0 Å². The Labute approximate surface area is 385 Å². The normalized spacial score (nSPS) is 22.2. The quantitative estimate of drug-likeness (QED) is 0.0902. The highest BCUT2D eigenvalue weighted by Gasteiger charge is 2.33. The number of nitrogen functional groups attached to an aromatic ring is 1. The molecule has 13 heteroatoms. The van der Waals surface area contributed by atoms with Crippen molar-refractivity contribution in [3.63, 3.8) is 0 Å². The first kappa shape index (κ1) is 43.9. The van der Waals surface area contributed by atoms with Gasteiger partial charge >= 0.3 is 5.76 Å². The van der Waals surface area contributed by atoms with E-state index in [-0.39, 0.29) is 24.2 Å². The number of hydrogen-bond acceptors (Lipinski definition) is 10. The molecule has 1 aliphatic carbocycles. The van der Waals surface area contributed by atoms with E-state index in [2.05, 4.69) is 75.0 Å². The van der Waals surface area contributed by atoms with Crippen molar-refractivity contribution in [1.82, 2.24) is 34.2 Å². The van der Waals surface area contributed by atoms with Crippen molar-refractivity contribution >= 4 is 45.5 Å². The van der Waals surface area contributed by atoms with Crippen LogP contribution < -0.4 is 16.8 Å². The number of anilines is 1. The lowest BCUT2D eigenvalue weighted by molar-refractivity contribution is -0.135. The second-order valence-electron chi connectivity index (χ2n) is 19.8. The fourth-order valence-corrected chi connectivity index (χ4v) is 11.7. The number of nitrogens with zero attached hydrogens (tertiary/aromatic N) is 6. The number of benzene rings is 2. The zero-order chi connectivity index (χ0) is 45.5. The van der Waals surface area contributed by atoms with Crippen molar-refractivity contribution in [2.24, 2.45) is 24.8 Å². The summed E-state index contributed by atoms with van der Waals surface area (Å²) in [5, 5.41) is 3.47. The van der Waals surface area contributed by atoms with Gasteiger partial charge in [0.15, 0.2) is 11.4 Å². The van der Waals surface area contributed by atoms with Gasteiger partial charge in [0.1, 0.15) is 17.5 Å². The number of hydrogen-bond donors (Lipinski definition) is 2. The number of carbonyl (C=O) groups excluding carboxylic acids is 3. The Balaban J connectivity index is 0.650. The summed E-state index contributed by atoms with van der Waals surface area (Å²) in [6.07, 6.45) is 14.9. The Morgan fingerprint density at radius 3 is 2.32 bits per heavy atom. The summed E-state index contributed by atoms with van der Waals surface area (Å²) in [6, 6.07) is 22.2. The van der Waals surface area contributed by atoms with Gasteiger partial charge in [-0.3, -0.25) is 29.2 Å². The molecule has 3 N–H and O–H groups in total. The van der Waals surface area contributed by atoms with E-state index in [4.69, 9.17) is 15.1 Å². The molecule has 0 bridgehead atoms. The van der Waals surface area contributed by atoms with Gasteiger partial charge in [0, 0.05) is 67.1 Å². The summed E-state index contributed by atoms with van der Waals surface area (Å²) >= 11 is 0. The predicted octanol–water partition coefficient (Wildman–Crippen LogP) is 8.38. The lowest BCUT2D eigenvalue weighted by atomic mass is 9.78. The molecule has 6 aromatic rings. The Bertz CT molecular complexity index is 2780. The molecule has 3 saturated heterocycles. The lowest BCUT2D eigenvalue weighted by Crippen LogP contribution is -2.43. The monoisotopic (exact) mass is 890 g/mol. The molecule has 10 rings (SSSR count). The fraction of sp³-hybridized carbons (Fsp3) is 0.472. The smallest absolute Gasteiger partial charge is 0.408 e. The molecule has 2 atom stereocenters. The molecule has 0 spiro atoms. The van der Waals surface area contributed by atoms with Crippen molar-refractivity contribution in [1.29, 1.82) is 0 Å². The molecular weight excluding hydrogens is 829 g/mol. The summed E-state index contributed by atoms with van der Waals surface area (Å²) in [5.74, 6) is 1.68. The minimum atomic E-state index is -0.734. The van der Waals surface area contributed by atoms with E-state index < -0.39 is 17.7 Å². The van der Waals surface area contributed by atoms with Gasteiger partial charge in [0.2, 0.25) is 11.8 Å². The summed E-state index contributed by atoms with van der Waals surface area (Å²) in [5.41, 5.74) is 14.7. The van der Waals surface area contributed by atoms with Crippen LogP contribution in [0.25, 0.3) is 33.3 Å². The number of ketones is 1. The van der Waals surface area contributed by atoms with Crippen molar-refractivity contribution in [3.05, 3.63) is 112 Å². The molecule has 4 fully saturated rings. The van der Waals surface area contributed by atoms with Crippen molar-refractivity contribution < 1.29 is 18.8 Å². The van der Waals surface area contributed by atoms with Crippen LogP contribution in [0.1, 0.15) is 123 Å². The molecule has 344 valence electrons. The zero-order valence-corrected chi connectivity index (χ0v) is 38.3. The van der Waals surface area contributed by atoms with Gasteiger partial charge in [-0.1, -0.05) is 30.3 Å². The summed E-state index contributed by atoms with van der Waals surface area (Å²) in [4.78, 5) is 64.7. The van der Waals surface area contributed by atoms with Crippen LogP contribution in [0.15, 0.2) is 88.3 Å². The molecule has 3 aliphatic heterocycles. The third-order valence-corrected chi connectivity index (χ3v) is 15.7. The van der Waals surface area contributed by atoms with E-state index in [9.17, 15) is 19.2 Å². The number of aryl methyl sites for hydroxylation is 1. The highest BCUT2D eigenvalue weighted by atomic mass is 16.4. The van der Waals surface area contributed by atoms with Crippen LogP contribution in [0.2, 0.25) is 0 Å². The first-order valence-electron chi connectivity index (χ1n) is 24.3. The second-order valence-corrected chi connectivity index (χ2v) is 19.8. The fourth-order valence-electron chi connectivity index (χ4n) is 11.7. The van der Waals surface area contributed by atoms with Gasteiger partial charge in [-0.25, -0.2) is 14.8 Å². The van der Waals surface area contributed by atoms with Gasteiger partial charge in [-0.05, 0) is 174 Å². The summed E-state index contributed by atoms with van der Waals surface area (Å²) < 4.78 is 9.21. The molecule has 1 saturated carbocycles. The van der Waals surface area contributed by atoms with Crippen LogP contribution in [-0.4, -0.2) is 79.2 Å². The van der Waals surface area contributed by atoms with Gasteiger partial charge in [0.05, 0.1) is 5.52 Å². The summed E-state index contributed by atoms with van der Waals surface area (Å²) in [7, 11) is 2.12. The molecule has 0 radical (unpaired) electrons. The van der Waals surface area contributed by atoms with Crippen LogP contribution in [-0.2, 0) is 23.1 Å². The maximum atomic E-state index is 13.5. The molecule has 2 aromatic carbocycles. The number of nitrogens with two attached hydrogens (primary N) is 1. The van der Waals surface area contributed by atoms with Crippen molar-refractivity contribution in [3.8, 4) is 11.1 Å². The van der Waals surface area contributed by atoms with Crippen LogP contribution in [0, 0.1) is 17.8 Å². The predicted molar refractivity (Wildman–Crippen MR) is 256 cm³/mol. The number of imide groups is 1. The van der Waals surface area contributed by atoms with Gasteiger partial charge < -0.3 is 19.6 Å². The van der Waals surface area contributed by atoms with E-state index in [0.29, 0.717) is 53.4 Å². The van der Waals surface area contributed by atoms with E-state index in [0.717, 1.165) is 111 Å². The largest absolute Gasteiger partial charge is 0.420 e. The number of aromatic nitrogens is 4. The van der Waals surface area contributed by atoms with E-state index in [1.54, 1.807) is 0 Å². The Morgan fingerprint density at radius 1 is 0.833 bits per heavy atom. The minimum Gasteiger partial charge on any atom is -0.408 e. The molecule has 7 heterocycles. The van der Waals surface area contributed by atoms with Gasteiger partial charge in [0.25, 0.3) is 0 Å². The molecular formula is C53H62N8O5. The molecule has 13 nitrogen and oxygen atoms in total. The number of amides is 2. The first-order chi connectivity index (χ1) is 32.0. The standard InChI is InChI=1S/C53H62N8O5/c1-33(46-30-43-42(17-22-55-51(43)58(46)2)41-12-15-49(54)56-31-41)60-25-20-39(21-26-60)38-8-10-40(11-9-38)47(62)28-34-3-5-36(6-4-34)32-59-23-18-35(19-24-59)27-37-7-13-44-48(29-37)66-53(65)61(44)45-14-16-50(63)57-52(45)64/h7-13,15,17,22,29-31,33-36,39,45H,3-6,14,16,18-21,23-28,32H2,1-2H3,(H2,54,56)(H,57,63,64)/t33-,34?,36?,45?/m0/s1. The molecule has 2 amide bonds. The van der Waals surface area contributed by atoms with Crippen LogP contribution in [0.5, 0.6) is 0 Å². The topological polar surface area (TPSA) is 162 Å².